The summed E-state index contributed by atoms with van der Waals surface area (Å²) in [6.07, 6.45) is 1.89. The minimum absolute atomic E-state index is 0.660. The van der Waals surface area contributed by atoms with Crippen molar-refractivity contribution in [3.8, 4) is 67.5 Å². The average Bonchev–Trinajstić information content (AvgIpc) is 3.58. The number of hydrogen-bond donors (Lipinski definition) is 0. The predicted octanol–water partition coefficient (Wildman–Crippen LogP) is 11.4. The molecular formula is C47H33N3. The normalized spacial score (nSPS) is 11.6. The van der Waals surface area contributed by atoms with Crippen LogP contribution >= 0.6 is 0 Å². The Balaban J connectivity index is 0.922. The molecular weight excluding hydrogens is 607 g/mol. The average molecular weight is 640 g/mol. The quantitative estimate of drug-likeness (QED) is 0.174. The van der Waals surface area contributed by atoms with Gasteiger partial charge in [-0.15, -0.1) is 0 Å². The standard InChI is InChI=1S/C47H33N3/c1-3-10-37(11-4-1)45-48-46(38-12-5-2-6-13-38)50-47(49-45)39-28-26-35(27-29-39)34-22-18-32(19-23-34)30-33-20-24-36(25-21-33)41-16-9-17-43-42-15-8-7-14-40(42)31-44(41)43/h1-29H,30-31H2. The van der Waals surface area contributed by atoms with Crippen LogP contribution in [-0.2, 0) is 12.8 Å². The van der Waals surface area contributed by atoms with E-state index >= 15 is 0 Å². The van der Waals surface area contributed by atoms with Crippen LogP contribution in [0.5, 0.6) is 0 Å². The molecule has 0 saturated heterocycles. The summed E-state index contributed by atoms with van der Waals surface area (Å²) >= 11 is 0. The molecule has 0 aliphatic heterocycles. The highest BCUT2D eigenvalue weighted by Gasteiger charge is 2.21. The Morgan fingerprint density at radius 1 is 0.320 bits per heavy atom. The third kappa shape index (κ3) is 5.80. The summed E-state index contributed by atoms with van der Waals surface area (Å²) in [6, 6.07) is 62.2. The summed E-state index contributed by atoms with van der Waals surface area (Å²) in [4.78, 5) is 14.6. The van der Waals surface area contributed by atoms with Crippen molar-refractivity contribution in [3.63, 3.8) is 0 Å². The Hall–Kier alpha value is -6.45. The van der Waals surface area contributed by atoms with Gasteiger partial charge in [-0.3, -0.25) is 0 Å². The van der Waals surface area contributed by atoms with Crippen LogP contribution in [0.1, 0.15) is 22.3 Å². The molecule has 3 nitrogen and oxygen atoms in total. The molecule has 8 aromatic rings. The van der Waals surface area contributed by atoms with Gasteiger partial charge in [-0.25, -0.2) is 15.0 Å². The van der Waals surface area contributed by atoms with E-state index in [1.54, 1.807) is 0 Å². The fraction of sp³-hybridized carbons (Fsp3) is 0.0426. The summed E-state index contributed by atoms with van der Waals surface area (Å²) in [5, 5.41) is 0. The molecule has 0 unspecified atom stereocenters. The van der Waals surface area contributed by atoms with Gasteiger partial charge in [0.25, 0.3) is 0 Å². The van der Waals surface area contributed by atoms with Crippen molar-refractivity contribution < 1.29 is 0 Å². The Labute approximate surface area is 292 Å². The summed E-state index contributed by atoms with van der Waals surface area (Å²) in [7, 11) is 0. The Morgan fingerprint density at radius 2 is 0.740 bits per heavy atom. The van der Waals surface area contributed by atoms with Crippen LogP contribution < -0.4 is 0 Å². The molecule has 1 aliphatic rings. The molecule has 9 rings (SSSR count). The molecule has 1 aliphatic carbocycles. The number of aromatic nitrogens is 3. The molecule has 0 atom stereocenters. The smallest absolute Gasteiger partial charge is 0.164 e. The fourth-order valence-corrected chi connectivity index (χ4v) is 7.03. The SMILES string of the molecule is c1ccc(-c2nc(-c3ccccc3)nc(-c3ccc(-c4ccc(Cc5ccc(-c6cccc7c6Cc6ccccc6-7)cc5)cc4)cc3)n2)cc1. The van der Waals surface area contributed by atoms with Crippen molar-refractivity contribution in [2.45, 2.75) is 12.8 Å². The van der Waals surface area contributed by atoms with Crippen molar-refractivity contribution in [2.75, 3.05) is 0 Å². The van der Waals surface area contributed by atoms with Crippen molar-refractivity contribution >= 4 is 0 Å². The summed E-state index contributed by atoms with van der Waals surface area (Å²) in [5.74, 6) is 1.99. The predicted molar refractivity (Wildman–Crippen MR) is 204 cm³/mol. The van der Waals surface area contributed by atoms with Gasteiger partial charge in [0.15, 0.2) is 17.5 Å². The first-order valence-electron chi connectivity index (χ1n) is 17.1. The second-order valence-corrected chi connectivity index (χ2v) is 12.9. The first-order valence-corrected chi connectivity index (χ1v) is 17.1. The third-order valence-electron chi connectivity index (χ3n) is 9.65. The molecule has 50 heavy (non-hydrogen) atoms. The van der Waals surface area contributed by atoms with Gasteiger partial charge < -0.3 is 0 Å². The summed E-state index contributed by atoms with van der Waals surface area (Å²) in [5.41, 5.74) is 16.0. The second kappa shape index (κ2) is 12.9. The van der Waals surface area contributed by atoms with Crippen LogP contribution in [0.4, 0.5) is 0 Å². The molecule has 1 aromatic heterocycles. The number of hydrogen-bond acceptors (Lipinski definition) is 3. The maximum Gasteiger partial charge on any atom is 0.164 e. The largest absolute Gasteiger partial charge is 0.208 e. The van der Waals surface area contributed by atoms with E-state index < -0.39 is 0 Å². The number of benzene rings is 7. The lowest BCUT2D eigenvalue weighted by Gasteiger charge is -2.11. The van der Waals surface area contributed by atoms with E-state index in [4.69, 9.17) is 15.0 Å². The lowest BCUT2D eigenvalue weighted by atomic mass is 9.94. The molecule has 0 bridgehead atoms. The van der Waals surface area contributed by atoms with Gasteiger partial charge in [-0.1, -0.05) is 176 Å². The van der Waals surface area contributed by atoms with Crippen LogP contribution in [0.2, 0.25) is 0 Å². The first kappa shape index (κ1) is 29.7. The lowest BCUT2D eigenvalue weighted by Crippen LogP contribution is -2.00. The zero-order valence-electron chi connectivity index (χ0n) is 27.5. The molecule has 0 N–H and O–H groups in total. The number of fused-ring (bicyclic) bond motifs is 3. The minimum atomic E-state index is 0.660. The van der Waals surface area contributed by atoms with Crippen LogP contribution in [0.3, 0.4) is 0 Å². The van der Waals surface area contributed by atoms with E-state index in [0.29, 0.717) is 17.5 Å². The van der Waals surface area contributed by atoms with Crippen LogP contribution in [0.15, 0.2) is 176 Å². The minimum Gasteiger partial charge on any atom is -0.208 e. The molecule has 1 heterocycles. The van der Waals surface area contributed by atoms with Crippen molar-refractivity contribution in [1.82, 2.24) is 15.0 Å². The Kier molecular flexibility index (Phi) is 7.64. The van der Waals surface area contributed by atoms with E-state index in [0.717, 1.165) is 35.1 Å². The molecule has 7 aromatic carbocycles. The number of rotatable bonds is 7. The molecule has 3 heteroatoms. The zero-order valence-corrected chi connectivity index (χ0v) is 27.5. The van der Waals surface area contributed by atoms with Crippen molar-refractivity contribution in [3.05, 3.63) is 198 Å². The molecule has 236 valence electrons. The van der Waals surface area contributed by atoms with Gasteiger partial charge in [0.1, 0.15) is 0 Å². The monoisotopic (exact) mass is 639 g/mol. The van der Waals surface area contributed by atoms with E-state index in [-0.39, 0.29) is 0 Å². The second-order valence-electron chi connectivity index (χ2n) is 12.9. The first-order chi connectivity index (χ1) is 24.7. The molecule has 0 amide bonds. The van der Waals surface area contributed by atoms with E-state index in [1.807, 2.05) is 60.7 Å². The molecule has 0 radical (unpaired) electrons. The lowest BCUT2D eigenvalue weighted by molar-refractivity contribution is 1.07. The Morgan fingerprint density at radius 3 is 1.32 bits per heavy atom. The zero-order chi connectivity index (χ0) is 33.3. The summed E-state index contributed by atoms with van der Waals surface area (Å²) < 4.78 is 0. The van der Waals surface area contributed by atoms with Gasteiger partial charge in [-0.2, -0.15) is 0 Å². The third-order valence-corrected chi connectivity index (χ3v) is 9.65. The van der Waals surface area contributed by atoms with Crippen LogP contribution in [-0.4, -0.2) is 15.0 Å². The van der Waals surface area contributed by atoms with E-state index in [1.165, 1.54) is 50.1 Å². The van der Waals surface area contributed by atoms with Crippen molar-refractivity contribution in [1.29, 1.82) is 0 Å². The van der Waals surface area contributed by atoms with Gasteiger partial charge in [0, 0.05) is 16.7 Å². The van der Waals surface area contributed by atoms with Gasteiger partial charge >= 0.3 is 0 Å². The van der Waals surface area contributed by atoms with E-state index in [2.05, 4.69) is 115 Å². The number of nitrogens with zero attached hydrogens (tertiary/aromatic N) is 3. The highest BCUT2D eigenvalue weighted by molar-refractivity contribution is 5.84. The van der Waals surface area contributed by atoms with Crippen LogP contribution in [0, 0.1) is 0 Å². The molecule has 0 spiro atoms. The Bertz CT molecular complexity index is 2380. The van der Waals surface area contributed by atoms with Gasteiger partial charge in [0.2, 0.25) is 0 Å². The van der Waals surface area contributed by atoms with Gasteiger partial charge in [0.05, 0.1) is 0 Å². The summed E-state index contributed by atoms with van der Waals surface area (Å²) in [6.45, 7) is 0. The van der Waals surface area contributed by atoms with E-state index in [9.17, 15) is 0 Å². The molecule has 0 saturated carbocycles. The topological polar surface area (TPSA) is 38.7 Å². The van der Waals surface area contributed by atoms with Gasteiger partial charge in [-0.05, 0) is 68.5 Å². The van der Waals surface area contributed by atoms with Crippen LogP contribution in [0.25, 0.3) is 67.5 Å². The van der Waals surface area contributed by atoms with Crippen molar-refractivity contribution in [2.24, 2.45) is 0 Å². The highest BCUT2D eigenvalue weighted by atomic mass is 15.0. The molecule has 0 fully saturated rings. The highest BCUT2D eigenvalue weighted by Crippen LogP contribution is 2.41. The maximum absolute atomic E-state index is 4.88. The maximum atomic E-state index is 4.88. The fourth-order valence-electron chi connectivity index (χ4n) is 7.03.